The van der Waals surface area contributed by atoms with Gasteiger partial charge in [0, 0.05) is 11.8 Å². The molecule has 1 aliphatic rings. The Balaban J connectivity index is 0.000000371. The van der Waals surface area contributed by atoms with Crippen molar-refractivity contribution in [3.05, 3.63) is 0 Å². The number of thiol groups is 1. The maximum atomic E-state index is 4.20. The SMILES string of the molecule is CC.SCC1CCCCN1. The normalized spacial score (nSPS) is 24.9. The van der Waals surface area contributed by atoms with E-state index < -0.39 is 0 Å². The van der Waals surface area contributed by atoms with Crippen LogP contribution in [0.3, 0.4) is 0 Å². The van der Waals surface area contributed by atoms with Crippen molar-refractivity contribution in [1.82, 2.24) is 5.32 Å². The van der Waals surface area contributed by atoms with E-state index >= 15 is 0 Å². The van der Waals surface area contributed by atoms with Gasteiger partial charge in [-0.3, -0.25) is 0 Å². The molecule has 1 aliphatic heterocycles. The largest absolute Gasteiger partial charge is 0.313 e. The molecule has 1 fully saturated rings. The monoisotopic (exact) mass is 161 g/mol. The molecule has 1 atom stereocenters. The van der Waals surface area contributed by atoms with Gasteiger partial charge >= 0.3 is 0 Å². The summed E-state index contributed by atoms with van der Waals surface area (Å²) in [6.07, 6.45) is 4.06. The van der Waals surface area contributed by atoms with E-state index in [1.165, 1.54) is 25.8 Å². The molecule has 1 unspecified atom stereocenters. The van der Waals surface area contributed by atoms with Crippen LogP contribution in [0.4, 0.5) is 0 Å². The Hall–Kier alpha value is 0.310. The van der Waals surface area contributed by atoms with Crippen LogP contribution in [0, 0.1) is 0 Å². The third-order valence-electron chi connectivity index (χ3n) is 1.63. The van der Waals surface area contributed by atoms with Gasteiger partial charge in [-0.15, -0.1) is 0 Å². The molecule has 0 aliphatic carbocycles. The van der Waals surface area contributed by atoms with E-state index in [0.717, 1.165) is 5.75 Å². The minimum atomic E-state index is 0.701. The van der Waals surface area contributed by atoms with Gasteiger partial charge < -0.3 is 5.32 Å². The summed E-state index contributed by atoms with van der Waals surface area (Å²) in [5.41, 5.74) is 0. The average Bonchev–Trinajstić information content (AvgIpc) is 2.10. The molecule has 0 saturated carbocycles. The topological polar surface area (TPSA) is 12.0 Å². The molecule has 0 aromatic carbocycles. The van der Waals surface area contributed by atoms with Crippen molar-refractivity contribution in [1.29, 1.82) is 0 Å². The summed E-state index contributed by atoms with van der Waals surface area (Å²) in [4.78, 5) is 0. The van der Waals surface area contributed by atoms with Crippen LogP contribution in [0.2, 0.25) is 0 Å². The van der Waals surface area contributed by atoms with Crippen LogP contribution < -0.4 is 5.32 Å². The minimum absolute atomic E-state index is 0.701. The first-order valence-electron chi connectivity index (χ1n) is 4.27. The number of hydrogen-bond donors (Lipinski definition) is 2. The first-order chi connectivity index (χ1) is 4.93. The molecule has 1 rings (SSSR count). The number of rotatable bonds is 1. The highest BCUT2D eigenvalue weighted by atomic mass is 32.1. The van der Waals surface area contributed by atoms with E-state index in [1.54, 1.807) is 0 Å². The van der Waals surface area contributed by atoms with Crippen molar-refractivity contribution in [3.8, 4) is 0 Å². The third-order valence-corrected chi connectivity index (χ3v) is 2.07. The summed E-state index contributed by atoms with van der Waals surface area (Å²) in [6, 6.07) is 0.701. The van der Waals surface area contributed by atoms with Gasteiger partial charge in [-0.25, -0.2) is 0 Å². The molecule has 1 nitrogen and oxygen atoms in total. The van der Waals surface area contributed by atoms with Crippen LogP contribution in [0.15, 0.2) is 0 Å². The van der Waals surface area contributed by atoms with Gasteiger partial charge in [0.05, 0.1) is 0 Å². The molecule has 1 heterocycles. The summed E-state index contributed by atoms with van der Waals surface area (Å²) in [7, 11) is 0. The van der Waals surface area contributed by atoms with Crippen molar-refractivity contribution < 1.29 is 0 Å². The maximum Gasteiger partial charge on any atom is 0.0155 e. The number of hydrogen-bond acceptors (Lipinski definition) is 2. The van der Waals surface area contributed by atoms with E-state index in [-0.39, 0.29) is 0 Å². The van der Waals surface area contributed by atoms with E-state index in [1.807, 2.05) is 13.8 Å². The van der Waals surface area contributed by atoms with Crippen molar-refractivity contribution in [2.24, 2.45) is 0 Å². The molecule has 0 spiro atoms. The Bertz CT molecular complexity index is 60.3. The van der Waals surface area contributed by atoms with Crippen LogP contribution in [0.25, 0.3) is 0 Å². The maximum absolute atomic E-state index is 4.20. The zero-order valence-electron chi connectivity index (χ0n) is 7.06. The molecule has 0 aromatic heterocycles. The standard InChI is InChI=1S/C6H13NS.C2H6/c8-5-6-3-1-2-4-7-6;1-2/h6-8H,1-5H2;1-2H3. The lowest BCUT2D eigenvalue weighted by molar-refractivity contribution is 0.430. The summed E-state index contributed by atoms with van der Waals surface area (Å²) >= 11 is 4.20. The van der Waals surface area contributed by atoms with E-state index in [9.17, 15) is 0 Å². The van der Waals surface area contributed by atoms with Crippen LogP contribution in [-0.4, -0.2) is 18.3 Å². The van der Waals surface area contributed by atoms with E-state index in [4.69, 9.17) is 0 Å². The Morgan fingerprint density at radius 3 is 2.40 bits per heavy atom. The Labute approximate surface area is 70.0 Å². The first-order valence-corrected chi connectivity index (χ1v) is 4.91. The van der Waals surface area contributed by atoms with Crippen LogP contribution in [-0.2, 0) is 0 Å². The molecule has 62 valence electrons. The van der Waals surface area contributed by atoms with Gasteiger partial charge in [0.1, 0.15) is 0 Å². The zero-order chi connectivity index (χ0) is 7.82. The van der Waals surface area contributed by atoms with Crippen molar-refractivity contribution in [2.75, 3.05) is 12.3 Å². The van der Waals surface area contributed by atoms with Gasteiger partial charge in [-0.05, 0) is 19.4 Å². The first kappa shape index (κ1) is 10.3. The van der Waals surface area contributed by atoms with E-state index in [0.29, 0.717) is 6.04 Å². The predicted octanol–water partition coefficient (Wildman–Crippen LogP) is 2.08. The second-order valence-corrected chi connectivity index (χ2v) is 2.69. The van der Waals surface area contributed by atoms with Crippen molar-refractivity contribution >= 4 is 12.6 Å². The molecular weight excluding hydrogens is 142 g/mol. The van der Waals surface area contributed by atoms with Gasteiger partial charge in [0.2, 0.25) is 0 Å². The number of piperidine rings is 1. The Morgan fingerprint density at radius 1 is 1.40 bits per heavy atom. The Morgan fingerprint density at radius 2 is 2.10 bits per heavy atom. The van der Waals surface area contributed by atoms with Crippen LogP contribution in [0.1, 0.15) is 33.1 Å². The molecule has 0 bridgehead atoms. The zero-order valence-corrected chi connectivity index (χ0v) is 7.95. The molecular formula is C8H19NS. The van der Waals surface area contributed by atoms with Gasteiger partial charge in [-0.1, -0.05) is 20.3 Å². The molecule has 1 N–H and O–H groups in total. The van der Waals surface area contributed by atoms with Crippen molar-refractivity contribution in [2.45, 2.75) is 39.2 Å². The lowest BCUT2D eigenvalue weighted by Gasteiger charge is -2.20. The predicted molar refractivity (Wildman–Crippen MR) is 50.8 cm³/mol. The average molecular weight is 161 g/mol. The second kappa shape index (κ2) is 7.42. The number of nitrogens with one attached hydrogen (secondary N) is 1. The van der Waals surface area contributed by atoms with Gasteiger partial charge in [0.15, 0.2) is 0 Å². The molecule has 0 radical (unpaired) electrons. The van der Waals surface area contributed by atoms with Gasteiger partial charge in [-0.2, -0.15) is 12.6 Å². The molecule has 10 heavy (non-hydrogen) atoms. The minimum Gasteiger partial charge on any atom is -0.313 e. The van der Waals surface area contributed by atoms with Crippen LogP contribution in [0.5, 0.6) is 0 Å². The molecule has 1 saturated heterocycles. The van der Waals surface area contributed by atoms with E-state index in [2.05, 4.69) is 17.9 Å². The van der Waals surface area contributed by atoms with Crippen molar-refractivity contribution in [3.63, 3.8) is 0 Å². The van der Waals surface area contributed by atoms with Gasteiger partial charge in [0.25, 0.3) is 0 Å². The molecule has 0 amide bonds. The Kier molecular flexibility index (Phi) is 7.65. The highest BCUT2D eigenvalue weighted by molar-refractivity contribution is 7.80. The summed E-state index contributed by atoms with van der Waals surface area (Å²) in [5.74, 6) is 1.00. The fourth-order valence-corrected chi connectivity index (χ4v) is 1.39. The lowest BCUT2D eigenvalue weighted by Crippen LogP contribution is -2.35. The fourth-order valence-electron chi connectivity index (χ4n) is 1.08. The highest BCUT2D eigenvalue weighted by Crippen LogP contribution is 2.06. The summed E-state index contributed by atoms with van der Waals surface area (Å²) in [5, 5.41) is 3.39. The third kappa shape index (κ3) is 4.18. The second-order valence-electron chi connectivity index (χ2n) is 2.33. The summed E-state index contributed by atoms with van der Waals surface area (Å²) < 4.78 is 0. The fraction of sp³-hybridized carbons (Fsp3) is 1.00. The smallest absolute Gasteiger partial charge is 0.0155 e. The summed E-state index contributed by atoms with van der Waals surface area (Å²) in [6.45, 7) is 5.20. The lowest BCUT2D eigenvalue weighted by atomic mass is 10.1. The quantitative estimate of drug-likeness (QED) is 0.561. The van der Waals surface area contributed by atoms with Crippen LogP contribution >= 0.6 is 12.6 Å². The highest BCUT2D eigenvalue weighted by Gasteiger charge is 2.08. The molecule has 2 heteroatoms. The molecule has 0 aromatic rings.